The Balaban J connectivity index is 2.44. The van der Waals surface area contributed by atoms with E-state index in [2.05, 4.69) is 26.0 Å². The van der Waals surface area contributed by atoms with Crippen LogP contribution in [0, 0.1) is 0 Å². The number of hydrogen-bond acceptors (Lipinski definition) is 12. The van der Waals surface area contributed by atoms with Crippen molar-refractivity contribution in [2.45, 2.75) is 256 Å². The predicted molar refractivity (Wildman–Crippen MR) is 235 cm³/mol. The van der Waals surface area contributed by atoms with E-state index in [1.54, 1.807) is 0 Å². The lowest BCUT2D eigenvalue weighted by molar-refractivity contribution is -0.220. The van der Waals surface area contributed by atoms with E-state index in [1.807, 2.05) is 0 Å². The zero-order valence-electron chi connectivity index (χ0n) is 37.5. The van der Waals surface area contributed by atoms with Gasteiger partial charge < -0.3 is 39.9 Å². The van der Waals surface area contributed by atoms with Gasteiger partial charge in [-0.2, -0.15) is 0 Å². The van der Waals surface area contributed by atoms with Crippen LogP contribution in [0.3, 0.4) is 0 Å². The number of phosphoric ester groups is 1. The second-order valence-corrected chi connectivity index (χ2v) is 18.4. The molecule has 0 saturated heterocycles. The zero-order chi connectivity index (χ0) is 44.3. The van der Waals surface area contributed by atoms with Gasteiger partial charge in [-0.05, 0) is 38.5 Å². The first-order valence-electron chi connectivity index (χ1n) is 24.0. The van der Waals surface area contributed by atoms with E-state index in [9.17, 15) is 44.6 Å². The number of esters is 2. The molecular formula is C46H87O13P. The van der Waals surface area contributed by atoms with E-state index in [1.165, 1.54) is 128 Å². The summed E-state index contributed by atoms with van der Waals surface area (Å²) in [7, 11) is -5.12. The minimum Gasteiger partial charge on any atom is -0.462 e. The normalized spacial score (nSPS) is 22.2. The molecule has 6 N–H and O–H groups in total. The fourth-order valence-electron chi connectivity index (χ4n) is 7.46. The number of carbonyl (C=O) groups is 2. The molecular weight excluding hydrogens is 791 g/mol. The molecule has 14 heteroatoms. The van der Waals surface area contributed by atoms with Crippen LogP contribution in [-0.2, 0) is 32.7 Å². The number of hydrogen-bond donors (Lipinski definition) is 6. The highest BCUT2D eigenvalue weighted by Gasteiger charge is 2.51. The van der Waals surface area contributed by atoms with Crippen molar-refractivity contribution in [1.82, 2.24) is 0 Å². The second kappa shape index (κ2) is 37.0. The van der Waals surface area contributed by atoms with Gasteiger partial charge in [0.2, 0.25) is 0 Å². The second-order valence-electron chi connectivity index (χ2n) is 17.0. The van der Waals surface area contributed by atoms with Gasteiger partial charge >= 0.3 is 19.8 Å². The molecule has 0 aromatic carbocycles. The maximum Gasteiger partial charge on any atom is 0.472 e. The molecule has 1 saturated carbocycles. The molecule has 8 atom stereocenters. The molecule has 0 aromatic rings. The predicted octanol–water partition coefficient (Wildman–Crippen LogP) is 9.45. The SMILES string of the molecule is CCCCCCCCCC/C=C/CCCCCC(=O)OC[C@H](COP(=O)(O)OC1C(O)C(O)C(O)[C@@H](O)C1O)OC(=O)CCCCCCCCCCCCCCCCCC. The molecule has 0 bridgehead atoms. The van der Waals surface area contributed by atoms with Crippen LogP contribution >= 0.6 is 7.82 Å². The number of aliphatic hydroxyl groups excluding tert-OH is 5. The van der Waals surface area contributed by atoms with Crippen LogP contribution in [-0.4, -0.2) is 98.3 Å². The number of ether oxygens (including phenoxy) is 2. The number of unbranched alkanes of at least 4 members (excludes halogenated alkanes) is 26. The number of phosphoric acid groups is 1. The first-order valence-corrected chi connectivity index (χ1v) is 25.5. The van der Waals surface area contributed by atoms with Gasteiger partial charge in [0.25, 0.3) is 0 Å². The molecule has 1 aliphatic rings. The lowest BCUT2D eigenvalue weighted by Crippen LogP contribution is -2.64. The summed E-state index contributed by atoms with van der Waals surface area (Å²) in [4.78, 5) is 35.7. The molecule has 0 amide bonds. The summed E-state index contributed by atoms with van der Waals surface area (Å²) in [6, 6.07) is 0. The summed E-state index contributed by atoms with van der Waals surface area (Å²) in [6.45, 7) is 3.30. The minimum atomic E-state index is -5.12. The Morgan fingerprint density at radius 2 is 0.850 bits per heavy atom. The van der Waals surface area contributed by atoms with E-state index in [-0.39, 0.29) is 12.8 Å². The quantitative estimate of drug-likeness (QED) is 0.0147. The zero-order valence-corrected chi connectivity index (χ0v) is 38.4. The molecule has 0 spiro atoms. The molecule has 60 heavy (non-hydrogen) atoms. The van der Waals surface area contributed by atoms with E-state index >= 15 is 0 Å². The van der Waals surface area contributed by atoms with Crippen molar-refractivity contribution in [3.8, 4) is 0 Å². The summed E-state index contributed by atoms with van der Waals surface area (Å²) in [5.41, 5.74) is 0. The van der Waals surface area contributed by atoms with Crippen LogP contribution in [0.25, 0.3) is 0 Å². The molecule has 354 valence electrons. The van der Waals surface area contributed by atoms with Crippen molar-refractivity contribution in [3.63, 3.8) is 0 Å². The van der Waals surface area contributed by atoms with Crippen molar-refractivity contribution in [2.75, 3.05) is 13.2 Å². The Kier molecular flexibility index (Phi) is 34.9. The first kappa shape index (κ1) is 56.6. The molecule has 0 heterocycles. The Hall–Kier alpha value is -1.41. The summed E-state index contributed by atoms with van der Waals surface area (Å²) < 4.78 is 33.5. The fourth-order valence-corrected chi connectivity index (χ4v) is 8.43. The molecule has 0 radical (unpaired) electrons. The molecule has 0 aromatic heterocycles. The lowest BCUT2D eigenvalue weighted by Gasteiger charge is -2.41. The van der Waals surface area contributed by atoms with E-state index in [0.29, 0.717) is 12.8 Å². The minimum absolute atomic E-state index is 0.0995. The summed E-state index contributed by atoms with van der Waals surface area (Å²) in [6.07, 6.45) is 25.5. The maximum atomic E-state index is 12.8. The largest absolute Gasteiger partial charge is 0.472 e. The Morgan fingerprint density at radius 1 is 0.500 bits per heavy atom. The van der Waals surface area contributed by atoms with Gasteiger partial charge in [0.15, 0.2) is 6.10 Å². The van der Waals surface area contributed by atoms with Gasteiger partial charge in [0.05, 0.1) is 6.61 Å². The van der Waals surface area contributed by atoms with Gasteiger partial charge in [-0.15, -0.1) is 0 Å². The molecule has 13 nitrogen and oxygen atoms in total. The van der Waals surface area contributed by atoms with Crippen LogP contribution in [0.1, 0.15) is 213 Å². The molecule has 0 aliphatic heterocycles. The van der Waals surface area contributed by atoms with Gasteiger partial charge in [0, 0.05) is 12.8 Å². The maximum absolute atomic E-state index is 12.8. The van der Waals surface area contributed by atoms with Crippen molar-refractivity contribution < 1.29 is 63.1 Å². The van der Waals surface area contributed by atoms with Crippen LogP contribution < -0.4 is 0 Å². The number of carbonyl (C=O) groups excluding carboxylic acids is 2. The number of rotatable bonds is 40. The van der Waals surface area contributed by atoms with Gasteiger partial charge in [-0.1, -0.05) is 174 Å². The van der Waals surface area contributed by atoms with Crippen LogP contribution in [0.15, 0.2) is 12.2 Å². The highest BCUT2D eigenvalue weighted by Crippen LogP contribution is 2.47. The Labute approximate surface area is 363 Å². The monoisotopic (exact) mass is 879 g/mol. The topological polar surface area (TPSA) is 210 Å². The highest BCUT2D eigenvalue weighted by molar-refractivity contribution is 7.47. The average Bonchev–Trinajstić information content (AvgIpc) is 3.23. The fraction of sp³-hybridized carbons (Fsp3) is 0.913. The van der Waals surface area contributed by atoms with Crippen molar-refractivity contribution in [1.29, 1.82) is 0 Å². The third kappa shape index (κ3) is 29.0. The number of allylic oxidation sites excluding steroid dienone is 2. The third-order valence-corrected chi connectivity index (χ3v) is 12.3. The summed E-state index contributed by atoms with van der Waals surface area (Å²) in [5.74, 6) is -1.11. The standard InChI is InChI=1S/C46H87O13P/c1-3-5-7-9-11-13-15-17-19-21-23-25-27-29-31-33-35-40(48)58-38(37-57-60(54,55)59-46-44(52)42(50)41(49)43(51)45(46)53)36-56-39(47)34-32-30-28-26-24-22-20-18-16-14-12-10-8-6-4-2/h22,24,38,41-46,49-53H,3-21,23,25-37H2,1-2H3,(H,54,55)/b24-22+/t38-,41?,42-,43?,44?,45?,46?/m1/s1. The van der Waals surface area contributed by atoms with Crippen molar-refractivity contribution in [2.24, 2.45) is 0 Å². The first-order chi connectivity index (χ1) is 28.9. The van der Waals surface area contributed by atoms with Crippen LogP contribution in [0.5, 0.6) is 0 Å². The molecule has 1 fully saturated rings. The smallest absolute Gasteiger partial charge is 0.462 e. The molecule has 1 aliphatic carbocycles. The van der Waals surface area contributed by atoms with Crippen LogP contribution in [0.2, 0.25) is 0 Å². The third-order valence-electron chi connectivity index (χ3n) is 11.4. The van der Waals surface area contributed by atoms with Gasteiger partial charge in [-0.25, -0.2) is 4.57 Å². The van der Waals surface area contributed by atoms with E-state index in [0.717, 1.165) is 44.9 Å². The van der Waals surface area contributed by atoms with E-state index in [4.69, 9.17) is 18.5 Å². The van der Waals surface area contributed by atoms with Crippen molar-refractivity contribution >= 4 is 19.8 Å². The van der Waals surface area contributed by atoms with Gasteiger partial charge in [-0.3, -0.25) is 18.6 Å². The summed E-state index contributed by atoms with van der Waals surface area (Å²) >= 11 is 0. The number of aliphatic hydroxyl groups is 5. The van der Waals surface area contributed by atoms with E-state index < -0.39 is 75.7 Å². The Morgan fingerprint density at radius 3 is 1.28 bits per heavy atom. The average molecular weight is 879 g/mol. The lowest BCUT2D eigenvalue weighted by atomic mass is 9.85. The molecule has 6 unspecified atom stereocenters. The summed E-state index contributed by atoms with van der Waals surface area (Å²) in [5, 5.41) is 50.1. The Bertz CT molecular complexity index is 1110. The highest BCUT2D eigenvalue weighted by atomic mass is 31.2. The molecule has 1 rings (SSSR count). The van der Waals surface area contributed by atoms with Crippen LogP contribution in [0.4, 0.5) is 0 Å². The van der Waals surface area contributed by atoms with Crippen molar-refractivity contribution in [3.05, 3.63) is 12.2 Å². The van der Waals surface area contributed by atoms with Gasteiger partial charge in [0.1, 0.15) is 43.2 Å².